The number of carboxylic acids is 1. The summed E-state index contributed by atoms with van der Waals surface area (Å²) < 4.78 is 0. The van der Waals surface area contributed by atoms with Crippen LogP contribution in [0.4, 0.5) is 0 Å². The fourth-order valence-electron chi connectivity index (χ4n) is 2.44. The quantitative estimate of drug-likeness (QED) is 0.748. The van der Waals surface area contributed by atoms with Gasteiger partial charge in [-0.1, -0.05) is 54.6 Å². The van der Waals surface area contributed by atoms with Crippen LogP contribution in [-0.4, -0.2) is 16.8 Å². The van der Waals surface area contributed by atoms with Gasteiger partial charge < -0.3 is 5.11 Å². The van der Waals surface area contributed by atoms with Gasteiger partial charge in [0, 0.05) is 0 Å². The monoisotopic (exact) mass is 300 g/mol. The van der Waals surface area contributed by atoms with Gasteiger partial charge in [0.25, 0.3) is 0 Å². The van der Waals surface area contributed by atoms with Crippen molar-refractivity contribution in [1.82, 2.24) is 0 Å². The second-order valence-corrected chi connectivity index (χ2v) is 5.62. The van der Waals surface area contributed by atoms with Crippen molar-refractivity contribution in [2.45, 2.75) is 19.3 Å². The molecule has 0 saturated carbocycles. The molecular formula is C18H20O2S. The molecule has 0 amide bonds. The van der Waals surface area contributed by atoms with E-state index in [1.807, 2.05) is 30.3 Å². The normalized spacial score (nSPS) is 12.0. The first-order chi connectivity index (χ1) is 10.2. The maximum atomic E-state index is 11.3. The van der Waals surface area contributed by atoms with E-state index in [4.69, 9.17) is 0 Å². The molecule has 0 aliphatic heterocycles. The molecule has 0 spiro atoms. The van der Waals surface area contributed by atoms with Crippen LogP contribution in [0.3, 0.4) is 0 Å². The minimum atomic E-state index is -0.720. The molecule has 0 aliphatic rings. The molecule has 0 bridgehead atoms. The lowest BCUT2D eigenvalue weighted by Gasteiger charge is -2.12. The number of hydrogen-bond acceptors (Lipinski definition) is 2. The zero-order valence-corrected chi connectivity index (χ0v) is 12.8. The van der Waals surface area contributed by atoms with Gasteiger partial charge in [-0.25, -0.2) is 0 Å². The number of benzene rings is 2. The molecule has 110 valence electrons. The number of carboxylic acid groups (broad SMARTS) is 1. The van der Waals surface area contributed by atoms with Crippen LogP contribution in [0.2, 0.25) is 0 Å². The highest BCUT2D eigenvalue weighted by atomic mass is 32.1. The van der Waals surface area contributed by atoms with Crippen LogP contribution < -0.4 is 0 Å². The van der Waals surface area contributed by atoms with Gasteiger partial charge >= 0.3 is 5.97 Å². The molecule has 0 aliphatic carbocycles. The fraction of sp³-hybridized carbons (Fsp3) is 0.278. The van der Waals surface area contributed by atoms with Crippen molar-refractivity contribution >= 4 is 18.6 Å². The molecule has 0 fully saturated rings. The third kappa shape index (κ3) is 4.64. The molecule has 0 heterocycles. The van der Waals surface area contributed by atoms with Crippen LogP contribution in [0, 0.1) is 5.92 Å². The smallest absolute Gasteiger partial charge is 0.306 e. The second kappa shape index (κ2) is 7.89. The van der Waals surface area contributed by atoms with Gasteiger partial charge in [-0.2, -0.15) is 12.6 Å². The van der Waals surface area contributed by atoms with E-state index >= 15 is 0 Å². The van der Waals surface area contributed by atoms with Crippen molar-refractivity contribution in [2.75, 3.05) is 5.75 Å². The lowest BCUT2D eigenvalue weighted by atomic mass is 9.93. The first-order valence-corrected chi connectivity index (χ1v) is 7.82. The Balaban J connectivity index is 2.15. The van der Waals surface area contributed by atoms with Crippen LogP contribution in [0.5, 0.6) is 0 Å². The van der Waals surface area contributed by atoms with Gasteiger partial charge in [0.05, 0.1) is 5.92 Å². The molecule has 0 saturated heterocycles. The van der Waals surface area contributed by atoms with Crippen LogP contribution in [-0.2, 0) is 11.2 Å². The highest BCUT2D eigenvalue weighted by Crippen LogP contribution is 2.22. The van der Waals surface area contributed by atoms with Gasteiger partial charge in [-0.05, 0) is 41.7 Å². The molecule has 21 heavy (non-hydrogen) atoms. The Morgan fingerprint density at radius 1 is 1.05 bits per heavy atom. The van der Waals surface area contributed by atoms with Crippen LogP contribution in [0.15, 0.2) is 54.6 Å². The molecule has 2 nitrogen and oxygen atoms in total. The van der Waals surface area contributed by atoms with E-state index in [1.54, 1.807) is 0 Å². The van der Waals surface area contributed by atoms with Crippen molar-refractivity contribution in [3.63, 3.8) is 0 Å². The van der Waals surface area contributed by atoms with Gasteiger partial charge in [-0.3, -0.25) is 4.79 Å². The molecule has 2 aromatic carbocycles. The maximum Gasteiger partial charge on any atom is 0.306 e. The first-order valence-electron chi connectivity index (χ1n) is 7.18. The minimum absolute atomic E-state index is 0.330. The summed E-state index contributed by atoms with van der Waals surface area (Å²) in [5, 5.41) is 9.32. The predicted molar refractivity (Wildman–Crippen MR) is 89.8 cm³/mol. The zero-order valence-electron chi connectivity index (χ0n) is 11.9. The Kier molecular flexibility index (Phi) is 5.88. The predicted octanol–water partition coefficient (Wildman–Crippen LogP) is 4.31. The van der Waals surface area contributed by atoms with E-state index in [0.29, 0.717) is 12.8 Å². The lowest BCUT2D eigenvalue weighted by molar-refractivity contribution is -0.141. The molecule has 0 radical (unpaired) electrons. The van der Waals surface area contributed by atoms with Gasteiger partial charge in [0.15, 0.2) is 0 Å². The summed E-state index contributed by atoms with van der Waals surface area (Å²) in [6.45, 7) is 0. The van der Waals surface area contributed by atoms with E-state index in [0.717, 1.165) is 28.9 Å². The number of rotatable bonds is 7. The third-order valence-electron chi connectivity index (χ3n) is 3.58. The summed E-state index contributed by atoms with van der Waals surface area (Å²) in [5.41, 5.74) is 3.36. The van der Waals surface area contributed by atoms with E-state index in [2.05, 4.69) is 36.9 Å². The molecule has 1 atom stereocenters. The molecule has 3 heteroatoms. The molecule has 2 rings (SSSR count). The van der Waals surface area contributed by atoms with Crippen molar-refractivity contribution in [1.29, 1.82) is 0 Å². The molecular weight excluding hydrogens is 280 g/mol. The highest BCUT2D eigenvalue weighted by Gasteiger charge is 2.17. The summed E-state index contributed by atoms with van der Waals surface area (Å²) in [6, 6.07) is 18.3. The lowest BCUT2D eigenvalue weighted by Crippen LogP contribution is -2.16. The van der Waals surface area contributed by atoms with Crippen LogP contribution in [0.1, 0.15) is 18.4 Å². The summed E-state index contributed by atoms with van der Waals surface area (Å²) >= 11 is 4.16. The number of carbonyl (C=O) groups is 1. The average Bonchev–Trinajstić information content (AvgIpc) is 2.52. The van der Waals surface area contributed by atoms with Crippen molar-refractivity contribution < 1.29 is 9.90 Å². The Hall–Kier alpha value is -1.74. The number of aliphatic carboxylic acids is 1. The molecule has 0 aromatic heterocycles. The first kappa shape index (κ1) is 15.6. The average molecular weight is 300 g/mol. The summed E-state index contributed by atoms with van der Waals surface area (Å²) in [6.07, 6.45) is 2.08. The molecule has 1 N–H and O–H groups in total. The number of hydrogen-bond donors (Lipinski definition) is 2. The minimum Gasteiger partial charge on any atom is -0.481 e. The largest absolute Gasteiger partial charge is 0.481 e. The van der Waals surface area contributed by atoms with Gasteiger partial charge in [0.2, 0.25) is 0 Å². The molecule has 1 unspecified atom stereocenters. The van der Waals surface area contributed by atoms with E-state index < -0.39 is 5.97 Å². The Labute approximate surface area is 131 Å². The SMILES string of the molecule is O=C(O)C(CCCS)Cc1cccc(-c2ccccc2)c1. The standard InChI is InChI=1S/C18H20O2S/c19-18(20)17(10-5-11-21)13-14-6-4-9-16(12-14)15-7-2-1-3-8-15/h1-4,6-9,12,17,21H,5,10-11,13H2,(H,19,20). The third-order valence-corrected chi connectivity index (χ3v) is 3.89. The van der Waals surface area contributed by atoms with Crippen LogP contribution >= 0.6 is 12.6 Å². The maximum absolute atomic E-state index is 11.3. The number of thiol groups is 1. The van der Waals surface area contributed by atoms with Crippen molar-refractivity contribution in [2.24, 2.45) is 5.92 Å². The topological polar surface area (TPSA) is 37.3 Å². The fourth-order valence-corrected chi connectivity index (χ4v) is 2.63. The van der Waals surface area contributed by atoms with Crippen molar-refractivity contribution in [3.05, 3.63) is 60.2 Å². The van der Waals surface area contributed by atoms with Crippen molar-refractivity contribution in [3.8, 4) is 11.1 Å². The second-order valence-electron chi connectivity index (χ2n) is 5.17. The Morgan fingerprint density at radius 3 is 2.43 bits per heavy atom. The zero-order chi connectivity index (χ0) is 15.1. The van der Waals surface area contributed by atoms with E-state index in [-0.39, 0.29) is 5.92 Å². The summed E-state index contributed by atoms with van der Waals surface area (Å²) in [7, 11) is 0. The van der Waals surface area contributed by atoms with E-state index in [9.17, 15) is 9.90 Å². The Bertz CT molecular complexity index is 581. The summed E-state index contributed by atoms with van der Waals surface area (Å²) in [4.78, 5) is 11.3. The Morgan fingerprint density at radius 2 is 1.76 bits per heavy atom. The van der Waals surface area contributed by atoms with E-state index in [1.165, 1.54) is 0 Å². The summed E-state index contributed by atoms with van der Waals surface area (Å²) in [5.74, 6) is -0.321. The van der Waals surface area contributed by atoms with Gasteiger partial charge in [0.1, 0.15) is 0 Å². The highest BCUT2D eigenvalue weighted by molar-refractivity contribution is 7.80. The molecule has 2 aromatic rings. The van der Waals surface area contributed by atoms with Gasteiger partial charge in [-0.15, -0.1) is 0 Å². The van der Waals surface area contributed by atoms with Crippen LogP contribution in [0.25, 0.3) is 11.1 Å².